The summed E-state index contributed by atoms with van der Waals surface area (Å²) in [6, 6.07) is 6.56. The lowest BCUT2D eigenvalue weighted by molar-refractivity contribution is -0.00340. The third-order valence-corrected chi connectivity index (χ3v) is 2.35. The number of hydrogen-bond acceptors (Lipinski definition) is 4. The molecule has 1 aromatic rings. The molecule has 0 fully saturated rings. The molecule has 1 atom stereocenters. The van der Waals surface area contributed by atoms with Gasteiger partial charge in [0.15, 0.2) is 0 Å². The summed E-state index contributed by atoms with van der Waals surface area (Å²) in [5.41, 5.74) is 1.25. The molecule has 0 aromatic heterocycles. The molecule has 18 heavy (non-hydrogen) atoms. The number of benzene rings is 1. The highest BCUT2D eigenvalue weighted by molar-refractivity contribution is 5.89. The Bertz CT molecular complexity index is 381. The van der Waals surface area contributed by atoms with Crippen molar-refractivity contribution in [2.75, 3.05) is 13.7 Å². The van der Waals surface area contributed by atoms with Crippen LogP contribution < -0.4 is 5.32 Å². The van der Waals surface area contributed by atoms with E-state index in [1.165, 1.54) is 7.11 Å². The van der Waals surface area contributed by atoms with E-state index in [-0.39, 0.29) is 6.54 Å². The molecule has 0 saturated carbocycles. The predicted octanol–water partition coefficient (Wildman–Crippen LogP) is 1.19. The number of halogens is 2. The fourth-order valence-electron chi connectivity index (χ4n) is 1.33. The minimum Gasteiger partial charge on any atom is -0.465 e. The van der Waals surface area contributed by atoms with E-state index in [0.717, 1.165) is 5.56 Å². The number of ether oxygens (including phenoxy) is 1. The Morgan fingerprint density at radius 2 is 2.00 bits per heavy atom. The number of aliphatic hydroxyl groups is 1. The normalized spacial score (nSPS) is 12.5. The number of hydrogen-bond donors (Lipinski definition) is 2. The summed E-state index contributed by atoms with van der Waals surface area (Å²) < 4.78 is 28.5. The molecular weight excluding hydrogens is 244 g/mol. The summed E-state index contributed by atoms with van der Waals surface area (Å²) in [5, 5.41) is 11.6. The Morgan fingerprint density at radius 1 is 1.39 bits per heavy atom. The molecule has 1 rings (SSSR count). The first-order valence-corrected chi connectivity index (χ1v) is 5.38. The Balaban J connectivity index is 2.42. The summed E-state index contributed by atoms with van der Waals surface area (Å²) in [7, 11) is 1.30. The highest BCUT2D eigenvalue weighted by atomic mass is 19.3. The van der Waals surface area contributed by atoms with E-state index in [9.17, 15) is 13.6 Å². The van der Waals surface area contributed by atoms with E-state index in [1.807, 2.05) is 0 Å². The van der Waals surface area contributed by atoms with Crippen LogP contribution in [0.1, 0.15) is 15.9 Å². The van der Waals surface area contributed by atoms with Gasteiger partial charge < -0.3 is 15.2 Å². The molecule has 2 N–H and O–H groups in total. The molecule has 0 saturated heterocycles. The highest BCUT2D eigenvalue weighted by Crippen LogP contribution is 2.06. The zero-order valence-electron chi connectivity index (χ0n) is 9.90. The number of carbonyl (C=O) groups excluding carboxylic acids is 1. The van der Waals surface area contributed by atoms with Crippen molar-refractivity contribution in [3.05, 3.63) is 35.4 Å². The van der Waals surface area contributed by atoms with Gasteiger partial charge in [-0.25, -0.2) is 13.6 Å². The first-order chi connectivity index (χ1) is 8.54. The molecule has 0 aliphatic rings. The molecule has 6 heteroatoms. The lowest BCUT2D eigenvalue weighted by Crippen LogP contribution is -2.31. The van der Waals surface area contributed by atoms with Gasteiger partial charge in [-0.15, -0.1) is 0 Å². The average Bonchev–Trinajstić information content (AvgIpc) is 2.38. The van der Waals surface area contributed by atoms with Gasteiger partial charge in [-0.1, -0.05) is 12.1 Å². The zero-order valence-corrected chi connectivity index (χ0v) is 9.90. The number of methoxy groups -OCH3 is 1. The van der Waals surface area contributed by atoms with Crippen LogP contribution >= 0.6 is 0 Å². The first kappa shape index (κ1) is 14.5. The number of nitrogens with one attached hydrogen (secondary N) is 1. The smallest absolute Gasteiger partial charge is 0.337 e. The van der Waals surface area contributed by atoms with Gasteiger partial charge in [-0.05, 0) is 17.7 Å². The quantitative estimate of drug-likeness (QED) is 0.753. The zero-order chi connectivity index (χ0) is 13.5. The standard InChI is InChI=1S/C12H15F2NO3/c1-18-12(17)9-4-2-8(3-5-9)6-15-7-10(16)11(13)14/h2-5,10-11,15-16H,6-7H2,1H3. The van der Waals surface area contributed by atoms with Crippen LogP contribution in [0.5, 0.6) is 0 Å². The lowest BCUT2D eigenvalue weighted by atomic mass is 10.1. The molecule has 0 bridgehead atoms. The second kappa shape index (κ2) is 7.03. The molecule has 0 radical (unpaired) electrons. The Morgan fingerprint density at radius 3 is 2.50 bits per heavy atom. The summed E-state index contributed by atoms with van der Waals surface area (Å²) in [6.07, 6.45) is -4.42. The fraction of sp³-hybridized carbons (Fsp3) is 0.417. The SMILES string of the molecule is COC(=O)c1ccc(CNCC(O)C(F)F)cc1. The summed E-state index contributed by atoms with van der Waals surface area (Å²) in [5.74, 6) is -0.428. The van der Waals surface area contributed by atoms with Crippen molar-refractivity contribution in [1.82, 2.24) is 5.32 Å². The van der Waals surface area contributed by atoms with Crippen molar-refractivity contribution in [2.24, 2.45) is 0 Å². The second-order valence-corrected chi connectivity index (χ2v) is 3.72. The van der Waals surface area contributed by atoms with Crippen LogP contribution in [-0.4, -0.2) is 37.3 Å². The van der Waals surface area contributed by atoms with Crippen molar-refractivity contribution in [3.63, 3.8) is 0 Å². The second-order valence-electron chi connectivity index (χ2n) is 3.72. The number of esters is 1. The van der Waals surface area contributed by atoms with Gasteiger partial charge in [-0.2, -0.15) is 0 Å². The molecule has 0 aliphatic heterocycles. The van der Waals surface area contributed by atoms with Gasteiger partial charge in [0.05, 0.1) is 12.7 Å². The maximum atomic E-state index is 12.0. The van der Waals surface area contributed by atoms with Crippen LogP contribution in [0.25, 0.3) is 0 Å². The predicted molar refractivity (Wildman–Crippen MR) is 61.5 cm³/mol. The number of carbonyl (C=O) groups is 1. The molecule has 0 aliphatic carbocycles. The monoisotopic (exact) mass is 259 g/mol. The van der Waals surface area contributed by atoms with Gasteiger partial charge in [0.25, 0.3) is 6.43 Å². The number of alkyl halides is 2. The Hall–Kier alpha value is -1.53. The summed E-state index contributed by atoms with van der Waals surface area (Å²) in [6.45, 7) is 0.154. The molecule has 1 aromatic carbocycles. The van der Waals surface area contributed by atoms with Crippen LogP contribution in [0.2, 0.25) is 0 Å². The first-order valence-electron chi connectivity index (χ1n) is 5.38. The van der Waals surface area contributed by atoms with Crippen molar-refractivity contribution in [1.29, 1.82) is 0 Å². The third kappa shape index (κ3) is 4.38. The van der Waals surface area contributed by atoms with Crippen LogP contribution in [-0.2, 0) is 11.3 Å². The third-order valence-electron chi connectivity index (χ3n) is 2.35. The lowest BCUT2D eigenvalue weighted by Gasteiger charge is -2.10. The Kier molecular flexibility index (Phi) is 5.67. The largest absolute Gasteiger partial charge is 0.465 e. The van der Waals surface area contributed by atoms with Crippen LogP contribution in [0.4, 0.5) is 8.78 Å². The number of rotatable bonds is 6. The van der Waals surface area contributed by atoms with Crippen LogP contribution in [0.3, 0.4) is 0 Å². The van der Waals surface area contributed by atoms with E-state index in [4.69, 9.17) is 5.11 Å². The minimum atomic E-state index is -2.75. The number of aliphatic hydroxyl groups excluding tert-OH is 1. The molecule has 1 unspecified atom stereocenters. The molecule has 0 heterocycles. The Labute approximate surface area is 104 Å². The van der Waals surface area contributed by atoms with Gasteiger partial charge in [0.2, 0.25) is 0 Å². The summed E-state index contributed by atoms with van der Waals surface area (Å²) >= 11 is 0. The molecule has 100 valence electrons. The maximum Gasteiger partial charge on any atom is 0.337 e. The topological polar surface area (TPSA) is 58.6 Å². The van der Waals surface area contributed by atoms with Crippen molar-refractivity contribution in [2.45, 2.75) is 19.1 Å². The fourth-order valence-corrected chi connectivity index (χ4v) is 1.33. The van der Waals surface area contributed by atoms with E-state index in [0.29, 0.717) is 12.1 Å². The van der Waals surface area contributed by atoms with Gasteiger partial charge >= 0.3 is 5.97 Å². The van der Waals surface area contributed by atoms with Gasteiger partial charge in [0.1, 0.15) is 6.10 Å². The minimum absolute atomic E-state index is 0.184. The van der Waals surface area contributed by atoms with Crippen molar-refractivity contribution in [3.8, 4) is 0 Å². The van der Waals surface area contributed by atoms with Crippen molar-refractivity contribution < 1.29 is 23.4 Å². The van der Waals surface area contributed by atoms with Crippen LogP contribution in [0, 0.1) is 0 Å². The van der Waals surface area contributed by atoms with E-state index in [2.05, 4.69) is 10.1 Å². The maximum absolute atomic E-state index is 12.0. The molecular formula is C12H15F2NO3. The average molecular weight is 259 g/mol. The molecule has 4 nitrogen and oxygen atoms in total. The highest BCUT2D eigenvalue weighted by Gasteiger charge is 2.15. The van der Waals surface area contributed by atoms with E-state index < -0.39 is 18.5 Å². The summed E-state index contributed by atoms with van der Waals surface area (Å²) in [4.78, 5) is 11.1. The van der Waals surface area contributed by atoms with Gasteiger partial charge in [-0.3, -0.25) is 0 Å². The van der Waals surface area contributed by atoms with Crippen molar-refractivity contribution >= 4 is 5.97 Å². The molecule has 0 spiro atoms. The van der Waals surface area contributed by atoms with E-state index >= 15 is 0 Å². The van der Waals surface area contributed by atoms with Crippen LogP contribution in [0.15, 0.2) is 24.3 Å². The van der Waals surface area contributed by atoms with Gasteiger partial charge in [0, 0.05) is 13.1 Å². The molecule has 0 amide bonds. The van der Waals surface area contributed by atoms with E-state index in [1.54, 1.807) is 24.3 Å².